The van der Waals surface area contributed by atoms with Crippen LogP contribution in [-0.2, 0) is 22.5 Å². The zero-order valence-electron chi connectivity index (χ0n) is 22.1. The van der Waals surface area contributed by atoms with Gasteiger partial charge in [-0.05, 0) is 78.6 Å². The molecule has 4 N–H and O–H groups in total. The lowest BCUT2D eigenvalue weighted by Gasteiger charge is -2.55. The third-order valence-corrected chi connectivity index (χ3v) is 9.86. The number of fused-ring (bicyclic) bond motifs is 1. The number of methoxy groups -OCH3 is 1. The molecule has 2 aromatic rings. The van der Waals surface area contributed by atoms with Crippen molar-refractivity contribution in [3.8, 4) is 16.9 Å². The highest BCUT2D eigenvalue weighted by Gasteiger charge is 2.84. The van der Waals surface area contributed by atoms with E-state index in [1.54, 1.807) is 12.1 Å². The van der Waals surface area contributed by atoms with E-state index in [-0.39, 0.29) is 36.4 Å². The molecule has 6 heteroatoms. The monoisotopic (exact) mass is 505 g/mol. The van der Waals surface area contributed by atoms with E-state index in [9.17, 15) is 20.1 Å². The molecule has 3 fully saturated rings. The number of phenols is 1. The lowest BCUT2D eigenvalue weighted by molar-refractivity contribution is -0.265. The summed E-state index contributed by atoms with van der Waals surface area (Å²) in [6.45, 7) is 7.00. The largest absolute Gasteiger partial charge is 0.508 e. The maximum absolute atomic E-state index is 14.3. The van der Waals surface area contributed by atoms with Crippen LogP contribution in [0.3, 0.4) is 0 Å². The average Bonchev–Trinajstić information content (AvgIpc) is 3.21. The molecule has 6 nitrogen and oxygen atoms in total. The standard InChI is InChI=1S/C31H39NO5/c1-19-28-25(18-33)26-9-6-12-29(19,2)30(26,31(28,36)37-4)27(35)11-10-20-7-5-8-22(13-20)23-14-21(17-32-3)15-24(34)16-23/h5,7-8,13-16,25-26,28,32-34,36H,1,6,9-12,17-18H2,2-4H3. The molecule has 0 aromatic heterocycles. The van der Waals surface area contributed by atoms with E-state index in [4.69, 9.17) is 4.74 Å². The summed E-state index contributed by atoms with van der Waals surface area (Å²) < 4.78 is 5.82. The van der Waals surface area contributed by atoms with Gasteiger partial charge in [-0.15, -0.1) is 0 Å². The number of aromatic hydroxyl groups is 1. The smallest absolute Gasteiger partial charge is 0.185 e. The minimum absolute atomic E-state index is 0.00251. The molecule has 2 aromatic carbocycles. The van der Waals surface area contributed by atoms with Crippen LogP contribution in [-0.4, -0.2) is 47.7 Å². The summed E-state index contributed by atoms with van der Waals surface area (Å²) in [5.41, 5.74) is 3.10. The van der Waals surface area contributed by atoms with E-state index in [1.807, 2.05) is 25.2 Å². The Hall–Kier alpha value is -2.51. The zero-order valence-corrected chi connectivity index (χ0v) is 22.1. The fourth-order valence-electron chi connectivity index (χ4n) is 8.46. The molecule has 0 spiro atoms. The van der Waals surface area contributed by atoms with Gasteiger partial charge in [-0.1, -0.05) is 49.8 Å². The number of aliphatic hydroxyl groups is 2. The van der Waals surface area contributed by atoms with Crippen LogP contribution in [0.15, 0.2) is 54.6 Å². The lowest BCUT2D eigenvalue weighted by atomic mass is 9.47. The third-order valence-electron chi connectivity index (χ3n) is 9.86. The SMILES string of the molecule is C=C1C2C(CO)C3CCCC1(C)C3(C(=O)CCc1cccc(-c3cc(O)cc(CNC)c3)c1)C2(O)OC. The van der Waals surface area contributed by atoms with Crippen LogP contribution in [0.25, 0.3) is 11.1 Å². The molecule has 0 heterocycles. The van der Waals surface area contributed by atoms with Crippen LogP contribution in [0, 0.1) is 28.6 Å². The normalized spacial score (nSPS) is 34.2. The number of aryl methyl sites for hydroxylation is 1. The average molecular weight is 506 g/mol. The van der Waals surface area contributed by atoms with Crippen molar-refractivity contribution in [3.05, 3.63) is 65.7 Å². The van der Waals surface area contributed by atoms with Gasteiger partial charge in [-0.2, -0.15) is 0 Å². The van der Waals surface area contributed by atoms with Crippen molar-refractivity contribution >= 4 is 5.78 Å². The quantitative estimate of drug-likeness (QED) is 0.301. The first-order valence-electron chi connectivity index (χ1n) is 13.4. The number of phenolic OH excluding ortho intramolecular Hbond substituents is 1. The zero-order chi connectivity index (χ0) is 26.6. The molecule has 5 rings (SSSR count). The minimum Gasteiger partial charge on any atom is -0.508 e. The Morgan fingerprint density at radius 1 is 1.19 bits per heavy atom. The van der Waals surface area contributed by atoms with Crippen LogP contribution in [0.4, 0.5) is 0 Å². The Bertz CT molecular complexity index is 1230. The maximum Gasteiger partial charge on any atom is 0.185 e. The summed E-state index contributed by atoms with van der Waals surface area (Å²) >= 11 is 0. The molecular weight excluding hydrogens is 466 g/mol. The fourth-order valence-corrected chi connectivity index (χ4v) is 8.46. The van der Waals surface area contributed by atoms with Gasteiger partial charge in [0.1, 0.15) is 11.5 Å². The predicted molar refractivity (Wildman–Crippen MR) is 143 cm³/mol. The van der Waals surface area contributed by atoms with Gasteiger partial charge in [0.25, 0.3) is 0 Å². The first kappa shape index (κ1) is 26.1. The molecule has 2 bridgehead atoms. The van der Waals surface area contributed by atoms with Gasteiger partial charge in [-0.25, -0.2) is 0 Å². The molecule has 0 aliphatic heterocycles. The van der Waals surface area contributed by atoms with Crippen molar-refractivity contribution in [2.45, 2.75) is 51.4 Å². The van der Waals surface area contributed by atoms with Crippen LogP contribution in [0.5, 0.6) is 5.75 Å². The van der Waals surface area contributed by atoms with Gasteiger partial charge in [-0.3, -0.25) is 4.79 Å². The van der Waals surface area contributed by atoms with Crippen molar-refractivity contribution < 1.29 is 24.9 Å². The second-order valence-electron chi connectivity index (χ2n) is 11.4. The molecule has 0 saturated heterocycles. The van der Waals surface area contributed by atoms with E-state index in [2.05, 4.69) is 31.0 Å². The molecule has 198 valence electrons. The van der Waals surface area contributed by atoms with Gasteiger partial charge in [0.2, 0.25) is 0 Å². The molecule has 6 unspecified atom stereocenters. The minimum atomic E-state index is -1.65. The first-order chi connectivity index (χ1) is 17.7. The van der Waals surface area contributed by atoms with Crippen molar-refractivity contribution in [1.82, 2.24) is 5.32 Å². The number of carbonyl (C=O) groups excluding carboxylic acids is 1. The molecule has 3 aliphatic rings. The highest BCUT2D eigenvalue weighted by Crippen LogP contribution is 2.79. The molecular formula is C31H39NO5. The molecule has 6 atom stereocenters. The number of benzene rings is 2. The van der Waals surface area contributed by atoms with Crippen LogP contribution in [0.2, 0.25) is 0 Å². The maximum atomic E-state index is 14.3. The first-order valence-corrected chi connectivity index (χ1v) is 13.4. The number of Topliss-reactive ketones (excluding diaryl/α,β-unsaturated/α-hetero) is 1. The van der Waals surface area contributed by atoms with Gasteiger partial charge in [0.15, 0.2) is 5.79 Å². The highest BCUT2D eigenvalue weighted by atomic mass is 16.6. The number of carbonyl (C=O) groups is 1. The molecule has 37 heavy (non-hydrogen) atoms. The molecule has 0 radical (unpaired) electrons. The topological polar surface area (TPSA) is 99.0 Å². The van der Waals surface area contributed by atoms with E-state index in [0.29, 0.717) is 13.0 Å². The second kappa shape index (κ2) is 9.35. The third kappa shape index (κ3) is 3.49. The van der Waals surface area contributed by atoms with Crippen LogP contribution in [0.1, 0.15) is 43.7 Å². The van der Waals surface area contributed by atoms with Gasteiger partial charge >= 0.3 is 0 Å². The Morgan fingerprint density at radius 3 is 2.65 bits per heavy atom. The molecule has 0 amide bonds. The van der Waals surface area contributed by atoms with Gasteiger partial charge in [0, 0.05) is 38.0 Å². The van der Waals surface area contributed by atoms with Crippen LogP contribution >= 0.6 is 0 Å². The number of rotatable bonds is 9. The summed E-state index contributed by atoms with van der Waals surface area (Å²) in [6.07, 6.45) is 3.32. The Kier molecular flexibility index (Phi) is 6.60. The predicted octanol–water partition coefficient (Wildman–Crippen LogP) is 4.22. The summed E-state index contributed by atoms with van der Waals surface area (Å²) in [6, 6.07) is 13.6. The molecule has 3 saturated carbocycles. The number of hydrogen-bond donors (Lipinski definition) is 4. The van der Waals surface area contributed by atoms with E-state index >= 15 is 0 Å². The van der Waals surface area contributed by atoms with Crippen molar-refractivity contribution in [3.63, 3.8) is 0 Å². The molecule has 3 aliphatic carbocycles. The number of ketones is 1. The Labute approximate surface area is 219 Å². The van der Waals surface area contributed by atoms with Crippen LogP contribution < -0.4 is 5.32 Å². The fraction of sp³-hybridized carbons (Fsp3) is 0.516. The van der Waals surface area contributed by atoms with E-state index in [0.717, 1.165) is 47.1 Å². The van der Waals surface area contributed by atoms with Crippen molar-refractivity contribution in [1.29, 1.82) is 0 Å². The highest BCUT2D eigenvalue weighted by molar-refractivity contribution is 5.90. The van der Waals surface area contributed by atoms with Crippen molar-refractivity contribution in [2.75, 3.05) is 20.8 Å². The summed E-state index contributed by atoms with van der Waals surface area (Å²) in [5.74, 6) is -2.23. The summed E-state index contributed by atoms with van der Waals surface area (Å²) in [7, 11) is 3.35. The Balaban J connectivity index is 1.45. The number of nitrogens with one attached hydrogen (secondary N) is 1. The summed E-state index contributed by atoms with van der Waals surface area (Å²) in [5, 5.41) is 35.6. The number of hydrogen-bond acceptors (Lipinski definition) is 6. The second-order valence-corrected chi connectivity index (χ2v) is 11.4. The van der Waals surface area contributed by atoms with Gasteiger partial charge in [0.05, 0.1) is 5.41 Å². The van der Waals surface area contributed by atoms with Gasteiger partial charge < -0.3 is 25.4 Å². The Morgan fingerprint density at radius 2 is 1.95 bits per heavy atom. The number of aliphatic hydroxyl groups excluding tert-OH is 1. The van der Waals surface area contributed by atoms with E-state index < -0.39 is 22.5 Å². The number of ether oxygens (including phenoxy) is 1. The lowest BCUT2D eigenvalue weighted by Crippen LogP contribution is -2.61. The van der Waals surface area contributed by atoms with E-state index in [1.165, 1.54) is 7.11 Å². The summed E-state index contributed by atoms with van der Waals surface area (Å²) in [4.78, 5) is 14.3. The van der Waals surface area contributed by atoms with Crippen molar-refractivity contribution in [2.24, 2.45) is 28.6 Å².